The minimum absolute atomic E-state index is 0.0329. The Morgan fingerprint density at radius 1 is 1.08 bits per heavy atom. The SMILES string of the molecule is O=C(O)CNC(=O)Cc1ccc(Cl)cc1SC(=O)c1ccccc1. The summed E-state index contributed by atoms with van der Waals surface area (Å²) in [6.07, 6.45) is -0.0329. The number of amides is 1. The van der Waals surface area contributed by atoms with Crippen LogP contribution in [0.25, 0.3) is 0 Å². The van der Waals surface area contributed by atoms with E-state index in [1.54, 1.807) is 42.5 Å². The van der Waals surface area contributed by atoms with Gasteiger partial charge in [0, 0.05) is 15.5 Å². The van der Waals surface area contributed by atoms with E-state index in [2.05, 4.69) is 5.32 Å². The number of thioether (sulfide) groups is 1. The van der Waals surface area contributed by atoms with Crippen LogP contribution in [0.4, 0.5) is 0 Å². The molecule has 124 valence electrons. The molecule has 0 aliphatic carbocycles. The number of halogens is 1. The van der Waals surface area contributed by atoms with Gasteiger partial charge in [-0.25, -0.2) is 0 Å². The van der Waals surface area contributed by atoms with Gasteiger partial charge in [-0.2, -0.15) is 0 Å². The Bertz CT molecular complexity index is 764. The Hall–Kier alpha value is -2.31. The normalized spacial score (nSPS) is 10.2. The average Bonchev–Trinajstić information content (AvgIpc) is 2.56. The van der Waals surface area contributed by atoms with Crippen molar-refractivity contribution in [1.29, 1.82) is 0 Å². The van der Waals surface area contributed by atoms with Crippen molar-refractivity contribution in [2.75, 3.05) is 6.54 Å². The number of carbonyl (C=O) groups excluding carboxylic acids is 2. The molecule has 0 heterocycles. The van der Waals surface area contributed by atoms with Gasteiger partial charge in [-0.15, -0.1) is 0 Å². The fourth-order valence-corrected chi connectivity index (χ4v) is 3.06. The van der Waals surface area contributed by atoms with Crippen LogP contribution in [0, 0.1) is 0 Å². The Labute approximate surface area is 148 Å². The van der Waals surface area contributed by atoms with E-state index in [9.17, 15) is 14.4 Å². The fraction of sp³-hybridized carbons (Fsp3) is 0.118. The lowest BCUT2D eigenvalue weighted by molar-refractivity contribution is -0.137. The summed E-state index contributed by atoms with van der Waals surface area (Å²) >= 11 is 6.97. The van der Waals surface area contributed by atoms with E-state index in [1.807, 2.05) is 6.07 Å². The molecule has 0 atom stereocenters. The second-order valence-corrected chi connectivity index (χ2v) is 6.31. The van der Waals surface area contributed by atoms with Gasteiger partial charge in [-0.05, 0) is 29.5 Å². The van der Waals surface area contributed by atoms with E-state index in [0.29, 0.717) is 21.0 Å². The lowest BCUT2D eigenvalue weighted by Gasteiger charge is -2.09. The van der Waals surface area contributed by atoms with Gasteiger partial charge in [-0.1, -0.05) is 48.0 Å². The first-order valence-electron chi connectivity index (χ1n) is 7.00. The average molecular weight is 364 g/mol. The maximum atomic E-state index is 12.3. The van der Waals surface area contributed by atoms with Crippen molar-refractivity contribution in [3.05, 3.63) is 64.7 Å². The molecule has 2 aromatic rings. The number of carbonyl (C=O) groups is 3. The molecule has 5 nitrogen and oxygen atoms in total. The second-order valence-electron chi connectivity index (χ2n) is 4.85. The Morgan fingerprint density at radius 2 is 1.79 bits per heavy atom. The quantitative estimate of drug-likeness (QED) is 0.771. The molecule has 2 aromatic carbocycles. The van der Waals surface area contributed by atoms with E-state index < -0.39 is 18.4 Å². The molecule has 0 aliphatic heterocycles. The lowest BCUT2D eigenvalue weighted by atomic mass is 10.1. The fourth-order valence-electron chi connectivity index (χ4n) is 1.91. The zero-order valence-electron chi connectivity index (χ0n) is 12.5. The molecule has 0 fully saturated rings. The monoisotopic (exact) mass is 363 g/mol. The summed E-state index contributed by atoms with van der Waals surface area (Å²) in [5.41, 5.74) is 1.15. The summed E-state index contributed by atoms with van der Waals surface area (Å²) in [4.78, 5) is 35.2. The van der Waals surface area contributed by atoms with E-state index >= 15 is 0 Å². The van der Waals surface area contributed by atoms with Crippen molar-refractivity contribution in [3.8, 4) is 0 Å². The van der Waals surface area contributed by atoms with Crippen LogP contribution in [0.3, 0.4) is 0 Å². The first-order chi connectivity index (χ1) is 11.5. The van der Waals surface area contributed by atoms with Crippen LogP contribution in [-0.4, -0.2) is 28.6 Å². The number of carboxylic acids is 1. The molecule has 0 spiro atoms. The number of aliphatic carboxylic acids is 1. The largest absolute Gasteiger partial charge is 0.480 e. The van der Waals surface area contributed by atoms with E-state index in [4.69, 9.17) is 16.7 Å². The van der Waals surface area contributed by atoms with Gasteiger partial charge in [0.25, 0.3) is 0 Å². The molecule has 1 amide bonds. The maximum Gasteiger partial charge on any atom is 0.322 e. The van der Waals surface area contributed by atoms with E-state index in [1.165, 1.54) is 0 Å². The first kappa shape index (κ1) is 18.0. The Morgan fingerprint density at radius 3 is 2.46 bits per heavy atom. The van der Waals surface area contributed by atoms with Crippen molar-refractivity contribution in [2.24, 2.45) is 0 Å². The van der Waals surface area contributed by atoms with Crippen LogP contribution in [0.15, 0.2) is 53.4 Å². The van der Waals surface area contributed by atoms with Gasteiger partial charge in [0.05, 0.1) is 6.42 Å². The molecule has 0 aliphatic rings. The molecule has 0 bridgehead atoms. The predicted octanol–water partition coefficient (Wildman–Crippen LogP) is 3.02. The molecule has 0 unspecified atom stereocenters. The highest BCUT2D eigenvalue weighted by molar-refractivity contribution is 8.14. The third-order valence-electron chi connectivity index (χ3n) is 3.03. The minimum atomic E-state index is -1.12. The van der Waals surface area contributed by atoms with Crippen LogP contribution in [0.1, 0.15) is 15.9 Å². The smallest absolute Gasteiger partial charge is 0.322 e. The highest BCUT2D eigenvalue weighted by Gasteiger charge is 2.14. The zero-order valence-corrected chi connectivity index (χ0v) is 14.1. The van der Waals surface area contributed by atoms with Crippen LogP contribution in [0.5, 0.6) is 0 Å². The molecule has 2 N–H and O–H groups in total. The summed E-state index contributed by atoms with van der Waals surface area (Å²) in [6.45, 7) is -0.447. The lowest BCUT2D eigenvalue weighted by Crippen LogP contribution is -2.30. The highest BCUT2D eigenvalue weighted by Crippen LogP contribution is 2.29. The topological polar surface area (TPSA) is 83.5 Å². The zero-order chi connectivity index (χ0) is 17.5. The molecule has 0 saturated heterocycles. The number of hydrogen-bond donors (Lipinski definition) is 2. The summed E-state index contributed by atoms with van der Waals surface area (Å²) in [7, 11) is 0. The number of hydrogen-bond acceptors (Lipinski definition) is 4. The number of benzene rings is 2. The molecule has 0 radical (unpaired) electrons. The van der Waals surface area contributed by atoms with Gasteiger partial charge >= 0.3 is 5.97 Å². The summed E-state index contributed by atoms with van der Waals surface area (Å²) < 4.78 is 0. The standard InChI is InChI=1S/C17H14ClNO4S/c18-13-7-6-12(8-15(20)19-10-16(21)22)14(9-13)24-17(23)11-4-2-1-3-5-11/h1-7,9H,8,10H2,(H,19,20)(H,21,22). The molecule has 0 aromatic heterocycles. The third-order valence-corrected chi connectivity index (χ3v) is 4.29. The molecular weight excluding hydrogens is 350 g/mol. The Balaban J connectivity index is 2.14. The molecular formula is C17H14ClNO4S. The van der Waals surface area contributed by atoms with Gasteiger partial charge in [0.15, 0.2) is 0 Å². The third kappa shape index (κ3) is 5.40. The summed E-state index contributed by atoms with van der Waals surface area (Å²) in [5.74, 6) is -1.55. The van der Waals surface area contributed by atoms with Crippen molar-refractivity contribution in [3.63, 3.8) is 0 Å². The van der Waals surface area contributed by atoms with E-state index in [0.717, 1.165) is 11.8 Å². The minimum Gasteiger partial charge on any atom is -0.480 e. The number of rotatable bonds is 6. The summed E-state index contributed by atoms with van der Waals surface area (Å²) in [6, 6.07) is 13.7. The summed E-state index contributed by atoms with van der Waals surface area (Å²) in [5, 5.41) is 11.2. The number of carboxylic acid groups (broad SMARTS) is 1. The van der Waals surface area contributed by atoms with Crippen molar-refractivity contribution >= 4 is 40.4 Å². The number of nitrogens with one attached hydrogen (secondary N) is 1. The van der Waals surface area contributed by atoms with Crippen LogP contribution >= 0.6 is 23.4 Å². The Kier molecular flexibility index (Phi) is 6.40. The van der Waals surface area contributed by atoms with Gasteiger partial charge in [-0.3, -0.25) is 14.4 Å². The second kappa shape index (κ2) is 8.52. The van der Waals surface area contributed by atoms with Gasteiger partial charge in [0.1, 0.15) is 6.54 Å². The van der Waals surface area contributed by atoms with Crippen LogP contribution in [0.2, 0.25) is 5.02 Å². The van der Waals surface area contributed by atoms with Crippen molar-refractivity contribution in [1.82, 2.24) is 5.32 Å². The van der Waals surface area contributed by atoms with Crippen LogP contribution < -0.4 is 5.32 Å². The molecule has 7 heteroatoms. The first-order valence-corrected chi connectivity index (χ1v) is 8.19. The van der Waals surface area contributed by atoms with Gasteiger partial charge in [0.2, 0.25) is 11.0 Å². The van der Waals surface area contributed by atoms with E-state index in [-0.39, 0.29) is 11.5 Å². The predicted molar refractivity (Wildman–Crippen MR) is 92.4 cm³/mol. The molecule has 0 saturated carbocycles. The van der Waals surface area contributed by atoms with Crippen LogP contribution in [-0.2, 0) is 16.0 Å². The van der Waals surface area contributed by atoms with Gasteiger partial charge < -0.3 is 10.4 Å². The van der Waals surface area contributed by atoms with Crippen molar-refractivity contribution < 1.29 is 19.5 Å². The van der Waals surface area contributed by atoms with Crippen molar-refractivity contribution in [2.45, 2.75) is 11.3 Å². The highest BCUT2D eigenvalue weighted by atomic mass is 35.5. The molecule has 24 heavy (non-hydrogen) atoms. The molecule has 2 rings (SSSR count). The maximum absolute atomic E-state index is 12.3.